The second kappa shape index (κ2) is 6.88. The molecule has 1 heterocycles. The molecule has 9 heteroatoms. The molecular formula is C15H18F3O5P. The number of hydrogen-bond donors (Lipinski definition) is 1. The van der Waals surface area contributed by atoms with Gasteiger partial charge in [-0.05, 0) is 32.9 Å². The summed E-state index contributed by atoms with van der Waals surface area (Å²) in [5.74, 6) is -1.71. The number of halogens is 3. The maximum atomic E-state index is 13.4. The van der Waals surface area contributed by atoms with Crippen LogP contribution in [0.4, 0.5) is 13.2 Å². The van der Waals surface area contributed by atoms with Crippen LogP contribution in [0.2, 0.25) is 0 Å². The summed E-state index contributed by atoms with van der Waals surface area (Å²) in [6.07, 6.45) is -6.78. The van der Waals surface area contributed by atoms with Crippen LogP contribution >= 0.6 is 7.60 Å². The Hall–Kier alpha value is -1.34. The highest BCUT2D eigenvalue weighted by Gasteiger charge is 2.51. The Morgan fingerprint density at radius 1 is 1.25 bits per heavy atom. The van der Waals surface area contributed by atoms with Crippen LogP contribution in [0.1, 0.15) is 31.1 Å². The number of aryl methyl sites for hydroxylation is 1. The van der Waals surface area contributed by atoms with Crippen molar-refractivity contribution >= 4 is 7.60 Å². The smallest absolute Gasteiger partial charge is 0.450 e. The zero-order valence-corrected chi connectivity index (χ0v) is 14.3. The quantitative estimate of drug-likeness (QED) is 0.780. The van der Waals surface area contributed by atoms with Crippen LogP contribution in [0.15, 0.2) is 29.3 Å². The van der Waals surface area contributed by atoms with Crippen LogP contribution in [0.25, 0.3) is 0 Å². The average Bonchev–Trinajstić information content (AvgIpc) is 2.47. The largest absolute Gasteiger partial charge is 0.451 e. The summed E-state index contributed by atoms with van der Waals surface area (Å²) in [6.45, 7) is 4.33. The van der Waals surface area contributed by atoms with Crippen LogP contribution in [-0.2, 0) is 13.6 Å². The van der Waals surface area contributed by atoms with Gasteiger partial charge in [-0.25, -0.2) is 0 Å². The molecule has 1 atom stereocenters. The van der Waals surface area contributed by atoms with Crippen molar-refractivity contribution in [3.8, 4) is 5.75 Å². The van der Waals surface area contributed by atoms with Crippen LogP contribution in [0.5, 0.6) is 5.75 Å². The number of rotatable bonds is 5. The third-order valence-corrected chi connectivity index (χ3v) is 5.55. The van der Waals surface area contributed by atoms with Gasteiger partial charge in [-0.3, -0.25) is 4.57 Å². The Bertz CT molecular complexity index is 689. The molecule has 134 valence electrons. The van der Waals surface area contributed by atoms with Gasteiger partial charge in [-0.2, -0.15) is 13.2 Å². The second-order valence-corrected chi connectivity index (χ2v) is 7.08. The third-order valence-electron chi connectivity index (χ3n) is 3.31. The summed E-state index contributed by atoms with van der Waals surface area (Å²) >= 11 is 0. The van der Waals surface area contributed by atoms with Crippen molar-refractivity contribution < 1.29 is 36.6 Å². The SMILES string of the molecule is CCOP(=O)(OCC)C1=C(C(F)(F)F)Oc2ccc(C)cc2C1O. The lowest BCUT2D eigenvalue weighted by Gasteiger charge is -2.31. The van der Waals surface area contributed by atoms with Crippen molar-refractivity contribution in [1.82, 2.24) is 0 Å². The van der Waals surface area contributed by atoms with Gasteiger partial charge < -0.3 is 18.9 Å². The minimum atomic E-state index is -4.97. The van der Waals surface area contributed by atoms with E-state index in [1.165, 1.54) is 26.0 Å². The molecule has 0 amide bonds. The lowest BCUT2D eigenvalue weighted by Crippen LogP contribution is -2.27. The first-order valence-corrected chi connectivity index (χ1v) is 8.85. The molecule has 2 rings (SSSR count). The van der Waals surface area contributed by atoms with Gasteiger partial charge in [0, 0.05) is 5.56 Å². The number of aliphatic hydroxyl groups excluding tert-OH is 1. The molecule has 1 aliphatic rings. The van der Waals surface area contributed by atoms with Crippen LogP contribution < -0.4 is 4.74 Å². The predicted octanol–water partition coefficient (Wildman–Crippen LogP) is 4.46. The number of ether oxygens (including phenoxy) is 1. The minimum absolute atomic E-state index is 0.0811. The lowest BCUT2D eigenvalue weighted by molar-refractivity contribution is -0.119. The maximum Gasteiger partial charge on any atom is 0.450 e. The molecule has 0 radical (unpaired) electrons. The van der Waals surface area contributed by atoms with Crippen molar-refractivity contribution in [2.24, 2.45) is 0 Å². The molecule has 1 aromatic carbocycles. The fourth-order valence-corrected chi connectivity index (χ4v) is 4.29. The fourth-order valence-electron chi connectivity index (χ4n) is 2.40. The van der Waals surface area contributed by atoms with E-state index in [4.69, 9.17) is 13.8 Å². The molecule has 0 saturated carbocycles. The monoisotopic (exact) mass is 366 g/mol. The van der Waals surface area contributed by atoms with E-state index in [9.17, 15) is 22.8 Å². The number of allylic oxidation sites excluding steroid dienone is 1. The molecule has 5 nitrogen and oxygen atoms in total. The van der Waals surface area contributed by atoms with Crippen molar-refractivity contribution in [3.63, 3.8) is 0 Å². The molecule has 0 bridgehead atoms. The average molecular weight is 366 g/mol. The van der Waals surface area contributed by atoms with E-state index in [-0.39, 0.29) is 24.5 Å². The molecule has 0 aromatic heterocycles. The summed E-state index contributed by atoms with van der Waals surface area (Å²) in [5.41, 5.74) is 0.784. The van der Waals surface area contributed by atoms with Gasteiger partial charge in [-0.1, -0.05) is 11.6 Å². The molecule has 24 heavy (non-hydrogen) atoms. The number of fused-ring (bicyclic) bond motifs is 1. The highest BCUT2D eigenvalue weighted by atomic mass is 31.2. The highest BCUT2D eigenvalue weighted by molar-refractivity contribution is 7.58. The topological polar surface area (TPSA) is 65.0 Å². The molecular weight excluding hydrogens is 348 g/mol. The first kappa shape index (κ1) is 19.0. The zero-order chi connectivity index (χ0) is 18.1. The van der Waals surface area contributed by atoms with E-state index in [1.807, 2.05) is 0 Å². The normalized spacial score (nSPS) is 18.4. The van der Waals surface area contributed by atoms with E-state index >= 15 is 0 Å². The van der Waals surface area contributed by atoms with Crippen molar-refractivity contribution in [1.29, 1.82) is 0 Å². The van der Waals surface area contributed by atoms with Gasteiger partial charge in [0.25, 0.3) is 0 Å². The molecule has 0 aliphatic carbocycles. The number of benzene rings is 1. The lowest BCUT2D eigenvalue weighted by atomic mass is 10.0. The summed E-state index contributed by atoms with van der Waals surface area (Å²) in [4.78, 5) is 0. The highest BCUT2D eigenvalue weighted by Crippen LogP contribution is 2.64. The minimum Gasteiger partial charge on any atom is -0.451 e. The first-order chi connectivity index (χ1) is 11.1. The first-order valence-electron chi connectivity index (χ1n) is 7.31. The van der Waals surface area contributed by atoms with E-state index < -0.39 is 30.9 Å². The van der Waals surface area contributed by atoms with Gasteiger partial charge in [0.15, 0.2) is 0 Å². The molecule has 0 fully saturated rings. The molecule has 1 unspecified atom stereocenters. The fraction of sp³-hybridized carbons (Fsp3) is 0.467. The summed E-state index contributed by atoms with van der Waals surface area (Å²) in [6, 6.07) is 4.34. The summed E-state index contributed by atoms with van der Waals surface area (Å²) < 4.78 is 68.1. The van der Waals surface area contributed by atoms with Crippen LogP contribution in [-0.4, -0.2) is 24.5 Å². The Morgan fingerprint density at radius 3 is 2.33 bits per heavy atom. The molecule has 0 spiro atoms. The Balaban J connectivity index is 2.69. The van der Waals surface area contributed by atoms with E-state index in [2.05, 4.69) is 0 Å². The van der Waals surface area contributed by atoms with E-state index in [0.29, 0.717) is 5.56 Å². The summed E-state index contributed by atoms with van der Waals surface area (Å²) in [5, 5.41) is 9.58. The van der Waals surface area contributed by atoms with Crippen LogP contribution in [0.3, 0.4) is 0 Å². The van der Waals surface area contributed by atoms with Gasteiger partial charge >= 0.3 is 13.8 Å². The Labute approximate surface area is 137 Å². The van der Waals surface area contributed by atoms with Crippen molar-refractivity contribution in [2.45, 2.75) is 33.1 Å². The Morgan fingerprint density at radius 2 is 1.83 bits per heavy atom. The van der Waals surface area contributed by atoms with Gasteiger partial charge in [0.2, 0.25) is 5.76 Å². The standard InChI is InChI=1S/C15H18F3O5P/c1-4-21-24(20,22-5-2)13-12(19)10-8-9(3)6-7-11(10)23-14(13)15(16,17)18/h6-8,12,19H,4-5H2,1-3H3. The van der Waals surface area contributed by atoms with E-state index in [0.717, 1.165) is 0 Å². The van der Waals surface area contributed by atoms with Crippen molar-refractivity contribution in [2.75, 3.05) is 13.2 Å². The molecule has 1 N–H and O–H groups in total. The molecule has 1 aliphatic heterocycles. The number of aliphatic hydroxyl groups is 1. The van der Waals surface area contributed by atoms with Gasteiger partial charge in [0.05, 0.1) is 13.2 Å². The van der Waals surface area contributed by atoms with Gasteiger partial charge in [-0.15, -0.1) is 0 Å². The second-order valence-electron chi connectivity index (χ2n) is 5.09. The zero-order valence-electron chi connectivity index (χ0n) is 13.4. The molecule has 1 aromatic rings. The van der Waals surface area contributed by atoms with Crippen molar-refractivity contribution in [3.05, 3.63) is 40.4 Å². The van der Waals surface area contributed by atoms with E-state index in [1.54, 1.807) is 13.0 Å². The Kier molecular flexibility index (Phi) is 5.44. The third kappa shape index (κ3) is 3.52. The van der Waals surface area contributed by atoms with Crippen LogP contribution in [0, 0.1) is 6.92 Å². The number of alkyl halides is 3. The maximum absolute atomic E-state index is 13.4. The molecule has 0 saturated heterocycles. The summed E-state index contributed by atoms with van der Waals surface area (Å²) in [7, 11) is -4.39. The number of hydrogen-bond acceptors (Lipinski definition) is 5. The van der Waals surface area contributed by atoms with Gasteiger partial charge in [0.1, 0.15) is 17.2 Å². The predicted molar refractivity (Wildman–Crippen MR) is 80.7 cm³/mol.